The number of Topliss-reactive ketones (excluding diaryl/α,β-unsaturated/α-hetero) is 1. The van der Waals surface area contributed by atoms with Crippen LogP contribution in [0.5, 0.6) is 0 Å². The summed E-state index contributed by atoms with van der Waals surface area (Å²) in [6.07, 6.45) is 2.06. The average molecular weight is 248 g/mol. The van der Waals surface area contributed by atoms with Gasteiger partial charge in [0.1, 0.15) is 11.7 Å². The van der Waals surface area contributed by atoms with Crippen LogP contribution in [0.4, 0.5) is 0 Å². The molecule has 98 valence electrons. The van der Waals surface area contributed by atoms with E-state index in [2.05, 4.69) is 0 Å². The number of benzene rings is 1. The zero-order valence-corrected chi connectivity index (χ0v) is 11.0. The number of aryl methyl sites for hydroxylation is 1. The molecule has 3 nitrogen and oxygen atoms in total. The molecule has 18 heavy (non-hydrogen) atoms. The SMILES string of the molecule is CCOC(=O)C(C)C(=O)CCCc1ccccc1. The van der Waals surface area contributed by atoms with Crippen LogP contribution in [0.25, 0.3) is 0 Å². The summed E-state index contributed by atoms with van der Waals surface area (Å²) < 4.78 is 4.83. The Morgan fingerprint density at radius 1 is 1.22 bits per heavy atom. The monoisotopic (exact) mass is 248 g/mol. The fourth-order valence-corrected chi connectivity index (χ4v) is 1.73. The van der Waals surface area contributed by atoms with Crippen molar-refractivity contribution in [1.82, 2.24) is 0 Å². The van der Waals surface area contributed by atoms with E-state index in [1.54, 1.807) is 13.8 Å². The highest BCUT2D eigenvalue weighted by Gasteiger charge is 2.21. The van der Waals surface area contributed by atoms with Gasteiger partial charge in [-0.15, -0.1) is 0 Å². The molecule has 0 fully saturated rings. The predicted molar refractivity (Wildman–Crippen MR) is 70.2 cm³/mol. The normalized spacial score (nSPS) is 11.9. The van der Waals surface area contributed by atoms with Crippen LogP contribution in [0.15, 0.2) is 30.3 Å². The van der Waals surface area contributed by atoms with Crippen LogP contribution in [0.2, 0.25) is 0 Å². The van der Waals surface area contributed by atoms with Gasteiger partial charge in [-0.05, 0) is 32.3 Å². The van der Waals surface area contributed by atoms with Crippen molar-refractivity contribution < 1.29 is 14.3 Å². The molecular weight excluding hydrogens is 228 g/mol. The number of carbonyl (C=O) groups is 2. The molecule has 0 aromatic heterocycles. The molecule has 0 spiro atoms. The lowest BCUT2D eigenvalue weighted by Crippen LogP contribution is -2.23. The van der Waals surface area contributed by atoms with Gasteiger partial charge in [0.05, 0.1) is 6.61 Å². The van der Waals surface area contributed by atoms with Crippen molar-refractivity contribution in [3.8, 4) is 0 Å². The molecule has 0 heterocycles. The first kappa shape index (κ1) is 14.4. The van der Waals surface area contributed by atoms with Crippen molar-refractivity contribution in [2.24, 2.45) is 5.92 Å². The summed E-state index contributed by atoms with van der Waals surface area (Å²) in [6, 6.07) is 10.0. The molecule has 1 aromatic carbocycles. The van der Waals surface area contributed by atoms with Gasteiger partial charge in [-0.2, -0.15) is 0 Å². The Balaban J connectivity index is 2.31. The van der Waals surface area contributed by atoms with E-state index in [9.17, 15) is 9.59 Å². The van der Waals surface area contributed by atoms with E-state index in [4.69, 9.17) is 4.74 Å². The fraction of sp³-hybridized carbons (Fsp3) is 0.467. The van der Waals surface area contributed by atoms with Crippen LogP contribution in [0.3, 0.4) is 0 Å². The van der Waals surface area contributed by atoms with E-state index in [0.717, 1.165) is 12.8 Å². The van der Waals surface area contributed by atoms with Gasteiger partial charge in [-0.25, -0.2) is 0 Å². The Kier molecular flexibility index (Phi) is 6.12. The Bertz CT molecular complexity index is 384. The molecule has 0 aliphatic heterocycles. The van der Waals surface area contributed by atoms with Gasteiger partial charge in [-0.1, -0.05) is 30.3 Å². The molecule has 1 rings (SSSR count). The molecule has 0 radical (unpaired) electrons. The molecule has 3 heteroatoms. The second-order valence-corrected chi connectivity index (χ2v) is 4.28. The second kappa shape index (κ2) is 7.64. The minimum Gasteiger partial charge on any atom is -0.465 e. The van der Waals surface area contributed by atoms with E-state index in [-0.39, 0.29) is 5.78 Å². The first-order valence-electron chi connectivity index (χ1n) is 6.38. The molecule has 0 N–H and O–H groups in total. The zero-order chi connectivity index (χ0) is 13.4. The van der Waals surface area contributed by atoms with Gasteiger partial charge in [-0.3, -0.25) is 9.59 Å². The highest BCUT2D eigenvalue weighted by Crippen LogP contribution is 2.09. The van der Waals surface area contributed by atoms with E-state index < -0.39 is 11.9 Å². The van der Waals surface area contributed by atoms with Gasteiger partial charge in [0.2, 0.25) is 0 Å². The summed E-state index contributed by atoms with van der Waals surface area (Å²) in [6.45, 7) is 3.67. The molecule has 1 unspecified atom stereocenters. The summed E-state index contributed by atoms with van der Waals surface area (Å²) >= 11 is 0. The molecule has 0 aliphatic rings. The van der Waals surface area contributed by atoms with Crippen molar-refractivity contribution in [3.63, 3.8) is 0 Å². The van der Waals surface area contributed by atoms with E-state index in [0.29, 0.717) is 13.0 Å². The molecule has 0 amide bonds. The topological polar surface area (TPSA) is 43.4 Å². The fourth-order valence-electron chi connectivity index (χ4n) is 1.73. The second-order valence-electron chi connectivity index (χ2n) is 4.28. The van der Waals surface area contributed by atoms with E-state index in [1.807, 2.05) is 30.3 Å². The third-order valence-electron chi connectivity index (χ3n) is 2.85. The number of ether oxygens (including phenoxy) is 1. The molecule has 0 bridgehead atoms. The highest BCUT2D eigenvalue weighted by atomic mass is 16.5. The molecular formula is C15H20O3. The molecule has 0 saturated heterocycles. The molecule has 1 atom stereocenters. The number of hydrogen-bond donors (Lipinski definition) is 0. The van der Waals surface area contributed by atoms with Crippen LogP contribution < -0.4 is 0 Å². The van der Waals surface area contributed by atoms with Crippen molar-refractivity contribution in [2.45, 2.75) is 33.1 Å². The maximum Gasteiger partial charge on any atom is 0.316 e. The largest absolute Gasteiger partial charge is 0.465 e. The van der Waals surface area contributed by atoms with Gasteiger partial charge < -0.3 is 4.74 Å². The number of carbonyl (C=O) groups excluding carboxylic acids is 2. The summed E-state index contributed by atoms with van der Waals surface area (Å²) in [5.41, 5.74) is 1.22. The van der Waals surface area contributed by atoms with Crippen molar-refractivity contribution in [3.05, 3.63) is 35.9 Å². The van der Waals surface area contributed by atoms with Crippen molar-refractivity contribution in [2.75, 3.05) is 6.61 Å². The van der Waals surface area contributed by atoms with Gasteiger partial charge in [0.25, 0.3) is 0 Å². The Hall–Kier alpha value is -1.64. The summed E-state index contributed by atoms with van der Waals surface area (Å²) in [7, 11) is 0. The summed E-state index contributed by atoms with van der Waals surface area (Å²) in [5, 5.41) is 0. The van der Waals surface area contributed by atoms with E-state index in [1.165, 1.54) is 5.56 Å². The maximum absolute atomic E-state index is 11.7. The third kappa shape index (κ3) is 4.70. The number of esters is 1. The highest BCUT2D eigenvalue weighted by molar-refractivity contribution is 5.98. The first-order valence-corrected chi connectivity index (χ1v) is 6.38. The Labute approximate surface area is 108 Å². The van der Waals surface area contributed by atoms with Crippen LogP contribution in [0, 0.1) is 5.92 Å². The summed E-state index contributed by atoms with van der Waals surface area (Å²) in [5.74, 6) is -1.09. The van der Waals surface area contributed by atoms with Crippen molar-refractivity contribution in [1.29, 1.82) is 0 Å². The number of ketones is 1. The lowest BCUT2D eigenvalue weighted by atomic mass is 10.00. The van der Waals surface area contributed by atoms with Crippen LogP contribution in [-0.2, 0) is 20.7 Å². The van der Waals surface area contributed by atoms with E-state index >= 15 is 0 Å². The standard InChI is InChI=1S/C15H20O3/c1-3-18-15(17)12(2)14(16)11-7-10-13-8-5-4-6-9-13/h4-6,8-9,12H,3,7,10-11H2,1-2H3. The third-order valence-corrected chi connectivity index (χ3v) is 2.85. The molecule has 0 saturated carbocycles. The average Bonchev–Trinajstić information content (AvgIpc) is 2.39. The van der Waals surface area contributed by atoms with Crippen LogP contribution in [0.1, 0.15) is 32.3 Å². The minimum absolute atomic E-state index is 0.0376. The lowest BCUT2D eigenvalue weighted by molar-refractivity contribution is -0.150. The number of hydrogen-bond acceptors (Lipinski definition) is 3. The van der Waals surface area contributed by atoms with Crippen molar-refractivity contribution >= 4 is 11.8 Å². The first-order chi connectivity index (χ1) is 8.65. The lowest BCUT2D eigenvalue weighted by Gasteiger charge is -2.09. The molecule has 1 aromatic rings. The van der Waals surface area contributed by atoms with Gasteiger partial charge >= 0.3 is 5.97 Å². The predicted octanol–water partition coefficient (Wildman–Crippen LogP) is 2.78. The Morgan fingerprint density at radius 2 is 1.89 bits per heavy atom. The smallest absolute Gasteiger partial charge is 0.316 e. The maximum atomic E-state index is 11.7. The summed E-state index contributed by atoms with van der Waals surface area (Å²) in [4.78, 5) is 23.1. The van der Waals surface area contributed by atoms with Crippen LogP contribution in [-0.4, -0.2) is 18.4 Å². The Morgan fingerprint density at radius 3 is 2.50 bits per heavy atom. The number of rotatable bonds is 7. The van der Waals surface area contributed by atoms with Gasteiger partial charge in [0, 0.05) is 6.42 Å². The van der Waals surface area contributed by atoms with Crippen LogP contribution >= 0.6 is 0 Å². The van der Waals surface area contributed by atoms with Gasteiger partial charge in [0.15, 0.2) is 0 Å². The quantitative estimate of drug-likeness (QED) is 0.550. The minimum atomic E-state index is -0.638. The zero-order valence-electron chi connectivity index (χ0n) is 11.0. The molecule has 0 aliphatic carbocycles.